The van der Waals surface area contributed by atoms with E-state index >= 15 is 0 Å². The smallest absolute Gasteiger partial charge is 0.344 e. The second-order valence-electron chi connectivity index (χ2n) is 5.18. The lowest BCUT2D eigenvalue weighted by molar-refractivity contribution is -0.168. The van der Waals surface area contributed by atoms with E-state index in [-0.39, 0.29) is 26.2 Å². The van der Waals surface area contributed by atoms with Gasteiger partial charge in [-0.15, -0.1) is 0 Å². The fourth-order valence-electron chi connectivity index (χ4n) is 2.25. The van der Waals surface area contributed by atoms with Crippen LogP contribution in [0.4, 0.5) is 0 Å². The van der Waals surface area contributed by atoms with Crippen LogP contribution in [0.1, 0.15) is 31.9 Å². The zero-order chi connectivity index (χ0) is 18.2. The van der Waals surface area contributed by atoms with Crippen molar-refractivity contribution in [2.45, 2.75) is 39.3 Å². The quantitative estimate of drug-likeness (QED) is 0.535. The SMILES string of the molecule is CCOC(=O)C(Cc1ccc(CO)cc1)(NC(C)=O)C(=O)OCC. The summed E-state index contributed by atoms with van der Waals surface area (Å²) < 4.78 is 10.00. The summed E-state index contributed by atoms with van der Waals surface area (Å²) in [6.45, 7) is 4.43. The number of esters is 2. The van der Waals surface area contributed by atoms with Crippen LogP contribution in [0.2, 0.25) is 0 Å². The van der Waals surface area contributed by atoms with Gasteiger partial charge in [0.1, 0.15) is 0 Å². The number of amides is 1. The zero-order valence-corrected chi connectivity index (χ0v) is 14.1. The Balaban J connectivity index is 3.27. The molecule has 0 fully saturated rings. The molecule has 0 unspecified atom stereocenters. The monoisotopic (exact) mass is 337 g/mol. The van der Waals surface area contributed by atoms with Gasteiger partial charge in [-0.2, -0.15) is 0 Å². The number of carbonyl (C=O) groups excluding carboxylic acids is 3. The maximum atomic E-state index is 12.5. The Labute approximate surface area is 141 Å². The Morgan fingerprint density at radius 3 is 1.83 bits per heavy atom. The second kappa shape index (κ2) is 9.02. The summed E-state index contributed by atoms with van der Waals surface area (Å²) in [7, 11) is 0. The molecule has 0 aromatic heterocycles. The van der Waals surface area contributed by atoms with Gasteiger partial charge in [0.15, 0.2) is 0 Å². The topological polar surface area (TPSA) is 102 Å². The zero-order valence-electron chi connectivity index (χ0n) is 14.1. The third kappa shape index (κ3) is 4.79. The number of hydrogen-bond acceptors (Lipinski definition) is 6. The minimum atomic E-state index is -1.95. The first-order valence-electron chi connectivity index (χ1n) is 7.71. The summed E-state index contributed by atoms with van der Waals surface area (Å²) in [6, 6.07) is 6.68. The summed E-state index contributed by atoms with van der Waals surface area (Å²) in [5.41, 5.74) is -0.642. The Hall–Kier alpha value is -2.41. The molecule has 1 amide bonds. The van der Waals surface area contributed by atoms with E-state index in [1.54, 1.807) is 38.1 Å². The van der Waals surface area contributed by atoms with Crippen LogP contribution in [-0.2, 0) is 36.9 Å². The Kier molecular flexibility index (Phi) is 7.38. The molecule has 1 rings (SSSR count). The lowest BCUT2D eigenvalue weighted by Gasteiger charge is -2.29. The molecule has 0 saturated carbocycles. The highest BCUT2D eigenvalue weighted by molar-refractivity contribution is 6.08. The summed E-state index contributed by atoms with van der Waals surface area (Å²) in [4.78, 5) is 36.5. The molecule has 132 valence electrons. The highest BCUT2D eigenvalue weighted by Crippen LogP contribution is 2.19. The molecule has 0 aliphatic rings. The van der Waals surface area contributed by atoms with Gasteiger partial charge in [0.05, 0.1) is 19.8 Å². The highest BCUT2D eigenvalue weighted by atomic mass is 16.6. The van der Waals surface area contributed by atoms with E-state index in [0.29, 0.717) is 11.1 Å². The van der Waals surface area contributed by atoms with Crippen LogP contribution in [0.5, 0.6) is 0 Å². The van der Waals surface area contributed by atoms with Crippen molar-refractivity contribution in [2.75, 3.05) is 13.2 Å². The van der Waals surface area contributed by atoms with Crippen LogP contribution in [0.15, 0.2) is 24.3 Å². The molecule has 7 nitrogen and oxygen atoms in total. The molecular weight excluding hydrogens is 314 g/mol. The average molecular weight is 337 g/mol. The van der Waals surface area contributed by atoms with E-state index in [9.17, 15) is 14.4 Å². The summed E-state index contributed by atoms with van der Waals surface area (Å²) in [5.74, 6) is -2.29. The van der Waals surface area contributed by atoms with Crippen molar-refractivity contribution in [3.63, 3.8) is 0 Å². The van der Waals surface area contributed by atoms with E-state index in [4.69, 9.17) is 14.6 Å². The average Bonchev–Trinajstić information content (AvgIpc) is 2.54. The predicted molar refractivity (Wildman–Crippen MR) is 85.9 cm³/mol. The molecule has 0 saturated heterocycles. The van der Waals surface area contributed by atoms with Gasteiger partial charge in [0.25, 0.3) is 0 Å². The standard InChI is InChI=1S/C17H23NO6/c1-4-23-15(21)17(18-12(3)20,16(22)24-5-2)10-13-6-8-14(11-19)9-7-13/h6-9,19H,4-5,10-11H2,1-3H3,(H,18,20). The van der Waals surface area contributed by atoms with E-state index in [1.807, 2.05) is 0 Å². The van der Waals surface area contributed by atoms with Crippen LogP contribution in [0.25, 0.3) is 0 Å². The molecule has 0 radical (unpaired) electrons. The Bertz CT molecular complexity index is 563. The van der Waals surface area contributed by atoms with E-state index in [2.05, 4.69) is 5.32 Å². The first kappa shape index (κ1) is 19.6. The summed E-state index contributed by atoms with van der Waals surface area (Å²) >= 11 is 0. The number of ether oxygens (including phenoxy) is 2. The molecule has 0 aliphatic heterocycles. The minimum absolute atomic E-state index is 0.0586. The fraction of sp³-hybridized carbons (Fsp3) is 0.471. The number of carbonyl (C=O) groups is 3. The van der Waals surface area contributed by atoms with Gasteiger partial charge < -0.3 is 19.9 Å². The Morgan fingerprint density at radius 2 is 1.46 bits per heavy atom. The van der Waals surface area contributed by atoms with Gasteiger partial charge in [-0.25, -0.2) is 9.59 Å². The lowest BCUT2D eigenvalue weighted by atomic mass is 9.90. The van der Waals surface area contributed by atoms with Crippen LogP contribution in [0.3, 0.4) is 0 Å². The summed E-state index contributed by atoms with van der Waals surface area (Å²) in [6.07, 6.45) is -0.115. The first-order valence-corrected chi connectivity index (χ1v) is 7.71. The molecule has 24 heavy (non-hydrogen) atoms. The van der Waals surface area contributed by atoms with Crippen molar-refractivity contribution in [3.05, 3.63) is 35.4 Å². The van der Waals surface area contributed by atoms with Crippen molar-refractivity contribution in [1.29, 1.82) is 0 Å². The van der Waals surface area contributed by atoms with E-state index < -0.39 is 23.4 Å². The number of rotatable bonds is 8. The highest BCUT2D eigenvalue weighted by Gasteiger charge is 2.50. The van der Waals surface area contributed by atoms with Crippen molar-refractivity contribution in [3.8, 4) is 0 Å². The second-order valence-corrected chi connectivity index (χ2v) is 5.18. The van der Waals surface area contributed by atoms with Gasteiger partial charge in [-0.1, -0.05) is 24.3 Å². The third-order valence-electron chi connectivity index (χ3n) is 3.31. The van der Waals surface area contributed by atoms with E-state index in [1.165, 1.54) is 6.92 Å². The lowest BCUT2D eigenvalue weighted by Crippen LogP contribution is -2.62. The van der Waals surface area contributed by atoms with Crippen LogP contribution in [0, 0.1) is 0 Å². The van der Waals surface area contributed by atoms with Crippen LogP contribution in [-0.4, -0.2) is 41.7 Å². The van der Waals surface area contributed by atoms with E-state index in [0.717, 1.165) is 0 Å². The fourth-order valence-corrected chi connectivity index (χ4v) is 2.25. The first-order chi connectivity index (χ1) is 11.4. The number of hydrogen-bond donors (Lipinski definition) is 2. The van der Waals surface area contributed by atoms with Crippen LogP contribution >= 0.6 is 0 Å². The van der Waals surface area contributed by atoms with Gasteiger partial charge in [0.2, 0.25) is 11.4 Å². The maximum absolute atomic E-state index is 12.5. The number of benzene rings is 1. The van der Waals surface area contributed by atoms with Crippen molar-refractivity contribution < 1.29 is 29.0 Å². The summed E-state index contributed by atoms with van der Waals surface area (Å²) in [5, 5.41) is 11.5. The number of aliphatic hydroxyl groups is 1. The minimum Gasteiger partial charge on any atom is -0.464 e. The largest absolute Gasteiger partial charge is 0.464 e. The van der Waals surface area contributed by atoms with Crippen molar-refractivity contribution in [2.24, 2.45) is 0 Å². The number of aliphatic hydroxyl groups excluding tert-OH is 1. The maximum Gasteiger partial charge on any atom is 0.344 e. The third-order valence-corrected chi connectivity index (χ3v) is 3.31. The number of nitrogens with one attached hydrogen (secondary N) is 1. The van der Waals surface area contributed by atoms with Crippen molar-refractivity contribution >= 4 is 17.8 Å². The molecule has 2 N–H and O–H groups in total. The molecule has 1 aromatic carbocycles. The molecular formula is C17H23NO6. The van der Waals surface area contributed by atoms with Gasteiger partial charge in [-0.3, -0.25) is 4.79 Å². The molecule has 1 aromatic rings. The molecule has 0 aliphatic carbocycles. The molecule has 0 heterocycles. The molecule has 7 heteroatoms. The molecule has 0 atom stereocenters. The molecule has 0 bridgehead atoms. The van der Waals surface area contributed by atoms with Gasteiger partial charge in [-0.05, 0) is 25.0 Å². The van der Waals surface area contributed by atoms with Crippen LogP contribution < -0.4 is 5.32 Å². The predicted octanol–water partition coefficient (Wildman–Crippen LogP) is 0.722. The van der Waals surface area contributed by atoms with Crippen molar-refractivity contribution in [1.82, 2.24) is 5.32 Å². The normalized spacial score (nSPS) is 10.8. The van der Waals surface area contributed by atoms with Gasteiger partial charge in [0, 0.05) is 13.3 Å². The van der Waals surface area contributed by atoms with Gasteiger partial charge >= 0.3 is 11.9 Å². The molecule has 0 spiro atoms. The Morgan fingerprint density at radius 1 is 1.00 bits per heavy atom.